The molecule has 1 fully saturated rings. The summed E-state index contributed by atoms with van der Waals surface area (Å²) in [6.45, 7) is 1.98. The smallest absolute Gasteiger partial charge is 0.228 e. The van der Waals surface area contributed by atoms with E-state index in [1.54, 1.807) is 0 Å². The van der Waals surface area contributed by atoms with Gasteiger partial charge in [-0.25, -0.2) is 0 Å². The lowest BCUT2D eigenvalue weighted by Gasteiger charge is -2.27. The summed E-state index contributed by atoms with van der Waals surface area (Å²) in [7, 11) is 0. The molecular formula is C10H11NO2. The Morgan fingerprint density at radius 2 is 2.15 bits per heavy atom. The lowest BCUT2D eigenvalue weighted by atomic mass is 10.2. The summed E-state index contributed by atoms with van der Waals surface area (Å²) in [6, 6.07) is 7.76. The summed E-state index contributed by atoms with van der Waals surface area (Å²) < 4.78 is 5.52. The standard InChI is InChI=1S/C10H11NO2/c1-7-4-2-3-5-8(7)13-10-6-9(12)11-10/h2-5,10H,6H2,1H3,(H,11,12)/t10-/m0/s1. The van der Waals surface area contributed by atoms with E-state index in [4.69, 9.17) is 4.74 Å². The monoisotopic (exact) mass is 177 g/mol. The molecule has 1 aliphatic heterocycles. The Balaban J connectivity index is 2.02. The van der Waals surface area contributed by atoms with Gasteiger partial charge in [-0.1, -0.05) is 18.2 Å². The molecule has 68 valence electrons. The molecule has 0 aliphatic carbocycles. The molecule has 1 aliphatic rings. The molecule has 3 nitrogen and oxygen atoms in total. The van der Waals surface area contributed by atoms with Crippen LogP contribution in [0.1, 0.15) is 12.0 Å². The van der Waals surface area contributed by atoms with Crippen LogP contribution in [-0.4, -0.2) is 12.1 Å². The Labute approximate surface area is 76.7 Å². The van der Waals surface area contributed by atoms with Crippen LogP contribution in [0.5, 0.6) is 5.75 Å². The maximum atomic E-state index is 10.6. The molecule has 0 radical (unpaired) electrons. The molecule has 1 N–H and O–H groups in total. The molecule has 0 spiro atoms. The van der Waals surface area contributed by atoms with Crippen molar-refractivity contribution in [2.75, 3.05) is 0 Å². The quantitative estimate of drug-likeness (QED) is 0.690. The zero-order valence-electron chi connectivity index (χ0n) is 7.41. The molecule has 3 heteroatoms. The molecule has 0 saturated carbocycles. The lowest BCUT2D eigenvalue weighted by molar-refractivity contribution is -0.134. The third kappa shape index (κ3) is 1.64. The second-order valence-corrected chi connectivity index (χ2v) is 3.14. The highest BCUT2D eigenvalue weighted by atomic mass is 16.5. The molecular weight excluding hydrogens is 166 g/mol. The van der Waals surface area contributed by atoms with Gasteiger partial charge in [0.15, 0.2) is 6.23 Å². The van der Waals surface area contributed by atoms with Gasteiger partial charge < -0.3 is 10.1 Å². The normalized spacial score (nSPS) is 20.4. The average molecular weight is 177 g/mol. The molecule has 0 aromatic heterocycles. The number of rotatable bonds is 2. The molecule has 1 atom stereocenters. The highest BCUT2D eigenvalue weighted by molar-refractivity contribution is 5.82. The van der Waals surface area contributed by atoms with Crippen LogP contribution in [0.4, 0.5) is 0 Å². The number of carbonyl (C=O) groups excluding carboxylic acids is 1. The van der Waals surface area contributed by atoms with Gasteiger partial charge in [-0.2, -0.15) is 0 Å². The third-order valence-electron chi connectivity index (χ3n) is 2.06. The molecule has 1 aromatic rings. The van der Waals surface area contributed by atoms with Crippen LogP contribution in [-0.2, 0) is 4.79 Å². The predicted octanol–water partition coefficient (Wildman–Crippen LogP) is 1.22. The lowest BCUT2D eigenvalue weighted by Crippen LogP contribution is -2.51. The Morgan fingerprint density at radius 1 is 1.46 bits per heavy atom. The molecule has 2 rings (SSSR count). The Hall–Kier alpha value is -1.51. The number of hydrogen-bond acceptors (Lipinski definition) is 2. The number of para-hydroxylation sites is 1. The van der Waals surface area contributed by atoms with Crippen LogP contribution in [0.25, 0.3) is 0 Å². The van der Waals surface area contributed by atoms with Crippen molar-refractivity contribution in [3.8, 4) is 5.75 Å². The second kappa shape index (κ2) is 3.09. The van der Waals surface area contributed by atoms with Gasteiger partial charge in [-0.15, -0.1) is 0 Å². The van der Waals surface area contributed by atoms with Crippen LogP contribution < -0.4 is 10.1 Å². The van der Waals surface area contributed by atoms with E-state index in [-0.39, 0.29) is 12.1 Å². The van der Waals surface area contributed by atoms with E-state index in [0.29, 0.717) is 6.42 Å². The number of aryl methyl sites for hydroxylation is 1. The number of amides is 1. The van der Waals surface area contributed by atoms with E-state index in [1.165, 1.54) is 0 Å². The molecule has 1 amide bonds. The van der Waals surface area contributed by atoms with E-state index < -0.39 is 0 Å². The van der Waals surface area contributed by atoms with Gasteiger partial charge >= 0.3 is 0 Å². The Morgan fingerprint density at radius 3 is 2.77 bits per heavy atom. The third-order valence-corrected chi connectivity index (χ3v) is 2.06. The first-order chi connectivity index (χ1) is 6.25. The van der Waals surface area contributed by atoms with Crippen LogP contribution in [0, 0.1) is 6.92 Å². The van der Waals surface area contributed by atoms with E-state index in [0.717, 1.165) is 11.3 Å². The van der Waals surface area contributed by atoms with Crippen molar-refractivity contribution in [2.45, 2.75) is 19.6 Å². The van der Waals surface area contributed by atoms with E-state index in [1.807, 2.05) is 31.2 Å². The van der Waals surface area contributed by atoms with Crippen molar-refractivity contribution in [1.82, 2.24) is 5.32 Å². The summed E-state index contributed by atoms with van der Waals surface area (Å²) in [5, 5.41) is 2.66. The number of carbonyl (C=O) groups is 1. The minimum absolute atomic E-state index is 0.0542. The maximum Gasteiger partial charge on any atom is 0.228 e. The van der Waals surface area contributed by atoms with Gasteiger partial charge in [-0.3, -0.25) is 4.79 Å². The van der Waals surface area contributed by atoms with Gasteiger partial charge in [0.1, 0.15) is 5.75 Å². The fourth-order valence-corrected chi connectivity index (χ4v) is 1.24. The average Bonchev–Trinajstić information content (AvgIpc) is 2.06. The first-order valence-corrected chi connectivity index (χ1v) is 4.27. The van der Waals surface area contributed by atoms with Crippen molar-refractivity contribution >= 4 is 5.91 Å². The number of hydrogen-bond donors (Lipinski definition) is 1. The van der Waals surface area contributed by atoms with E-state index in [9.17, 15) is 4.79 Å². The van der Waals surface area contributed by atoms with Gasteiger partial charge in [0.25, 0.3) is 0 Å². The molecule has 1 aromatic carbocycles. The van der Waals surface area contributed by atoms with Gasteiger partial charge in [-0.05, 0) is 18.6 Å². The van der Waals surface area contributed by atoms with Crippen LogP contribution >= 0.6 is 0 Å². The fourth-order valence-electron chi connectivity index (χ4n) is 1.24. The summed E-state index contributed by atoms with van der Waals surface area (Å²) >= 11 is 0. The molecule has 1 saturated heterocycles. The van der Waals surface area contributed by atoms with E-state index >= 15 is 0 Å². The summed E-state index contributed by atoms with van der Waals surface area (Å²) in [4.78, 5) is 10.6. The van der Waals surface area contributed by atoms with Crippen molar-refractivity contribution in [2.24, 2.45) is 0 Å². The molecule has 13 heavy (non-hydrogen) atoms. The Bertz CT molecular complexity index is 327. The zero-order chi connectivity index (χ0) is 9.26. The first-order valence-electron chi connectivity index (χ1n) is 4.27. The number of nitrogens with one attached hydrogen (secondary N) is 1. The molecule has 0 unspecified atom stereocenters. The summed E-state index contributed by atoms with van der Waals surface area (Å²) in [5.74, 6) is 0.895. The molecule has 1 heterocycles. The highest BCUT2D eigenvalue weighted by Crippen LogP contribution is 2.19. The van der Waals surface area contributed by atoms with Crippen molar-refractivity contribution in [3.05, 3.63) is 29.8 Å². The Kier molecular flexibility index (Phi) is 1.93. The van der Waals surface area contributed by atoms with Gasteiger partial charge in [0.05, 0.1) is 6.42 Å². The van der Waals surface area contributed by atoms with Crippen molar-refractivity contribution in [1.29, 1.82) is 0 Å². The number of ether oxygens (including phenoxy) is 1. The second-order valence-electron chi connectivity index (χ2n) is 3.14. The maximum absolute atomic E-state index is 10.6. The number of benzene rings is 1. The number of β-lactam (4-membered cyclic amide) rings is 1. The largest absolute Gasteiger partial charge is 0.470 e. The predicted molar refractivity (Wildman–Crippen MR) is 48.4 cm³/mol. The van der Waals surface area contributed by atoms with Crippen LogP contribution in [0.3, 0.4) is 0 Å². The van der Waals surface area contributed by atoms with Gasteiger partial charge in [0, 0.05) is 0 Å². The highest BCUT2D eigenvalue weighted by Gasteiger charge is 2.26. The summed E-state index contributed by atoms with van der Waals surface area (Å²) in [5.41, 5.74) is 1.09. The van der Waals surface area contributed by atoms with E-state index in [2.05, 4.69) is 5.32 Å². The topological polar surface area (TPSA) is 38.3 Å². The first kappa shape index (κ1) is 8.10. The summed E-state index contributed by atoms with van der Waals surface area (Å²) in [6.07, 6.45) is 0.336. The minimum atomic E-state index is -0.131. The van der Waals surface area contributed by atoms with Crippen molar-refractivity contribution in [3.63, 3.8) is 0 Å². The SMILES string of the molecule is Cc1ccccc1O[C@H]1CC(=O)N1. The van der Waals surface area contributed by atoms with Crippen LogP contribution in [0.15, 0.2) is 24.3 Å². The minimum Gasteiger partial charge on any atom is -0.470 e. The fraction of sp³-hybridized carbons (Fsp3) is 0.300. The van der Waals surface area contributed by atoms with Gasteiger partial charge in [0.2, 0.25) is 5.91 Å². The zero-order valence-corrected chi connectivity index (χ0v) is 7.41. The van der Waals surface area contributed by atoms with Crippen LogP contribution in [0.2, 0.25) is 0 Å². The van der Waals surface area contributed by atoms with Crippen molar-refractivity contribution < 1.29 is 9.53 Å². The molecule has 0 bridgehead atoms.